The van der Waals surface area contributed by atoms with Crippen molar-refractivity contribution in [3.63, 3.8) is 0 Å². The predicted octanol–water partition coefficient (Wildman–Crippen LogP) is -0.863. The number of carbonyl (C=O) groups is 1. The summed E-state index contributed by atoms with van der Waals surface area (Å²) in [6.07, 6.45) is 0.800. The van der Waals surface area contributed by atoms with Gasteiger partial charge in [-0.15, -0.1) is 0 Å². The Morgan fingerprint density at radius 3 is 2.88 bits per heavy atom. The van der Waals surface area contributed by atoms with Crippen molar-refractivity contribution in [2.45, 2.75) is 18.6 Å². The lowest BCUT2D eigenvalue weighted by Gasteiger charge is -2.27. The number of ether oxygens (including phenoxy) is 1. The minimum atomic E-state index is -0.269. The minimum absolute atomic E-state index is 0.150. The molecule has 1 N–H and O–H groups in total. The SMILES string of the molecule is CN(C)C1CCN(C(=O)C2CNCCO2)C1. The molecule has 0 aliphatic carbocycles. The third kappa shape index (κ3) is 2.53. The number of amides is 1. The summed E-state index contributed by atoms with van der Waals surface area (Å²) in [6.45, 7) is 3.85. The Hall–Kier alpha value is -0.650. The monoisotopic (exact) mass is 227 g/mol. The normalized spacial score (nSPS) is 31.1. The lowest BCUT2D eigenvalue weighted by atomic mass is 10.2. The van der Waals surface area contributed by atoms with Gasteiger partial charge in [-0.2, -0.15) is 0 Å². The number of carbonyl (C=O) groups excluding carboxylic acids is 1. The van der Waals surface area contributed by atoms with Crippen LogP contribution >= 0.6 is 0 Å². The molecule has 2 fully saturated rings. The summed E-state index contributed by atoms with van der Waals surface area (Å²) in [5.41, 5.74) is 0. The number of hydrogen-bond donors (Lipinski definition) is 1. The van der Waals surface area contributed by atoms with Gasteiger partial charge in [0, 0.05) is 32.2 Å². The lowest BCUT2D eigenvalue weighted by Crippen LogP contribution is -2.49. The molecule has 2 rings (SSSR count). The number of rotatable bonds is 2. The van der Waals surface area contributed by atoms with Gasteiger partial charge in [-0.3, -0.25) is 4.79 Å². The molecule has 0 aromatic heterocycles. The second kappa shape index (κ2) is 5.12. The fraction of sp³-hybridized carbons (Fsp3) is 0.909. The van der Waals surface area contributed by atoms with Crippen LogP contribution in [0.3, 0.4) is 0 Å². The van der Waals surface area contributed by atoms with Gasteiger partial charge in [0.1, 0.15) is 6.10 Å². The van der Waals surface area contributed by atoms with Crippen molar-refractivity contribution in [3.05, 3.63) is 0 Å². The molecule has 2 aliphatic heterocycles. The minimum Gasteiger partial charge on any atom is -0.366 e. The van der Waals surface area contributed by atoms with E-state index < -0.39 is 0 Å². The number of nitrogens with zero attached hydrogens (tertiary/aromatic N) is 2. The fourth-order valence-electron chi connectivity index (χ4n) is 2.29. The molecular formula is C11H21N3O2. The molecule has 5 heteroatoms. The largest absolute Gasteiger partial charge is 0.366 e. The second-order valence-corrected chi connectivity index (χ2v) is 4.75. The topological polar surface area (TPSA) is 44.8 Å². The highest BCUT2D eigenvalue weighted by Crippen LogP contribution is 2.15. The van der Waals surface area contributed by atoms with Crippen LogP contribution in [0.25, 0.3) is 0 Å². The predicted molar refractivity (Wildman–Crippen MR) is 61.3 cm³/mol. The Kier molecular flexibility index (Phi) is 3.78. The molecule has 92 valence electrons. The summed E-state index contributed by atoms with van der Waals surface area (Å²) < 4.78 is 5.48. The van der Waals surface area contributed by atoms with Gasteiger partial charge >= 0.3 is 0 Å². The van der Waals surface area contributed by atoms with E-state index in [9.17, 15) is 4.79 Å². The van der Waals surface area contributed by atoms with E-state index in [2.05, 4.69) is 24.3 Å². The standard InChI is InChI=1S/C11H21N3O2/c1-13(2)9-3-5-14(8-9)11(15)10-7-12-4-6-16-10/h9-10,12H,3-8H2,1-2H3. The third-order valence-corrected chi connectivity index (χ3v) is 3.41. The van der Waals surface area contributed by atoms with Gasteiger partial charge in [0.05, 0.1) is 6.61 Å². The first-order valence-electron chi connectivity index (χ1n) is 5.96. The molecule has 1 amide bonds. The lowest BCUT2D eigenvalue weighted by molar-refractivity contribution is -0.144. The van der Waals surface area contributed by atoms with Crippen molar-refractivity contribution in [2.24, 2.45) is 0 Å². The maximum Gasteiger partial charge on any atom is 0.253 e. The van der Waals surface area contributed by atoms with Gasteiger partial charge in [-0.1, -0.05) is 0 Å². The highest BCUT2D eigenvalue weighted by molar-refractivity contribution is 5.81. The van der Waals surface area contributed by atoms with Crippen LogP contribution in [0.5, 0.6) is 0 Å². The first kappa shape index (κ1) is 11.8. The van der Waals surface area contributed by atoms with E-state index in [0.717, 1.165) is 26.1 Å². The fourth-order valence-corrected chi connectivity index (χ4v) is 2.29. The van der Waals surface area contributed by atoms with Crippen LogP contribution in [0.2, 0.25) is 0 Å². The van der Waals surface area contributed by atoms with Crippen molar-refractivity contribution in [1.82, 2.24) is 15.1 Å². The van der Waals surface area contributed by atoms with E-state index >= 15 is 0 Å². The zero-order chi connectivity index (χ0) is 11.5. The van der Waals surface area contributed by atoms with Crippen LogP contribution in [-0.2, 0) is 9.53 Å². The number of morpholine rings is 1. The Morgan fingerprint density at radius 1 is 1.50 bits per heavy atom. The first-order chi connectivity index (χ1) is 7.68. The molecule has 2 saturated heterocycles. The van der Waals surface area contributed by atoms with Crippen molar-refractivity contribution >= 4 is 5.91 Å². The van der Waals surface area contributed by atoms with Crippen molar-refractivity contribution < 1.29 is 9.53 Å². The molecule has 0 radical (unpaired) electrons. The van der Waals surface area contributed by atoms with Crippen molar-refractivity contribution in [2.75, 3.05) is 46.9 Å². The Labute approximate surface area is 96.7 Å². The number of hydrogen-bond acceptors (Lipinski definition) is 4. The molecule has 0 aromatic rings. The zero-order valence-electron chi connectivity index (χ0n) is 10.1. The van der Waals surface area contributed by atoms with Crippen LogP contribution in [0, 0.1) is 0 Å². The first-order valence-corrected chi connectivity index (χ1v) is 5.96. The average molecular weight is 227 g/mol. The second-order valence-electron chi connectivity index (χ2n) is 4.75. The van der Waals surface area contributed by atoms with E-state index in [0.29, 0.717) is 19.2 Å². The molecule has 0 spiro atoms. The molecule has 0 aromatic carbocycles. The van der Waals surface area contributed by atoms with Crippen LogP contribution in [0.4, 0.5) is 0 Å². The van der Waals surface area contributed by atoms with E-state index in [1.54, 1.807) is 0 Å². The van der Waals surface area contributed by atoms with Gasteiger partial charge in [0.25, 0.3) is 5.91 Å². The van der Waals surface area contributed by atoms with Gasteiger partial charge in [-0.25, -0.2) is 0 Å². The van der Waals surface area contributed by atoms with E-state index in [1.165, 1.54) is 0 Å². The molecule has 16 heavy (non-hydrogen) atoms. The van der Waals surface area contributed by atoms with Gasteiger partial charge < -0.3 is 19.9 Å². The highest BCUT2D eigenvalue weighted by Gasteiger charge is 2.32. The Bertz CT molecular complexity index is 252. The maximum absolute atomic E-state index is 12.1. The third-order valence-electron chi connectivity index (χ3n) is 3.41. The smallest absolute Gasteiger partial charge is 0.253 e. The van der Waals surface area contributed by atoms with E-state index in [4.69, 9.17) is 4.74 Å². The molecule has 0 bridgehead atoms. The van der Waals surface area contributed by atoms with Gasteiger partial charge in [0.15, 0.2) is 0 Å². The number of likely N-dealkylation sites (tertiary alicyclic amines) is 1. The molecule has 5 nitrogen and oxygen atoms in total. The molecule has 2 atom stereocenters. The van der Waals surface area contributed by atoms with Crippen LogP contribution in [0.15, 0.2) is 0 Å². The molecule has 2 aliphatic rings. The van der Waals surface area contributed by atoms with Crippen LogP contribution in [0.1, 0.15) is 6.42 Å². The highest BCUT2D eigenvalue weighted by atomic mass is 16.5. The summed E-state index contributed by atoms with van der Waals surface area (Å²) in [7, 11) is 4.13. The van der Waals surface area contributed by atoms with Crippen molar-refractivity contribution in [3.8, 4) is 0 Å². The quantitative estimate of drug-likeness (QED) is 0.666. The summed E-state index contributed by atoms with van der Waals surface area (Å²) in [5, 5.41) is 3.19. The number of likely N-dealkylation sites (N-methyl/N-ethyl adjacent to an activating group) is 1. The van der Waals surface area contributed by atoms with Crippen LogP contribution < -0.4 is 5.32 Å². The zero-order valence-corrected chi connectivity index (χ0v) is 10.1. The number of nitrogens with one attached hydrogen (secondary N) is 1. The van der Waals surface area contributed by atoms with Crippen LogP contribution in [-0.4, -0.2) is 74.7 Å². The average Bonchev–Trinajstić information content (AvgIpc) is 2.78. The molecule has 2 unspecified atom stereocenters. The van der Waals surface area contributed by atoms with E-state index in [1.807, 2.05) is 4.90 Å². The van der Waals surface area contributed by atoms with E-state index in [-0.39, 0.29) is 12.0 Å². The van der Waals surface area contributed by atoms with Gasteiger partial charge in [0.2, 0.25) is 0 Å². The maximum atomic E-state index is 12.1. The molecular weight excluding hydrogens is 206 g/mol. The Morgan fingerprint density at radius 2 is 2.31 bits per heavy atom. The van der Waals surface area contributed by atoms with Gasteiger partial charge in [-0.05, 0) is 20.5 Å². The molecule has 2 heterocycles. The van der Waals surface area contributed by atoms with Crippen molar-refractivity contribution in [1.29, 1.82) is 0 Å². The summed E-state index contributed by atoms with van der Waals surface area (Å²) >= 11 is 0. The summed E-state index contributed by atoms with van der Waals surface area (Å²) in [5.74, 6) is 0.150. The Balaban J connectivity index is 1.86. The summed E-state index contributed by atoms with van der Waals surface area (Å²) in [6, 6.07) is 0.500. The summed E-state index contributed by atoms with van der Waals surface area (Å²) in [4.78, 5) is 16.2. The molecule has 0 saturated carbocycles.